The van der Waals surface area contributed by atoms with Gasteiger partial charge in [0.1, 0.15) is 17.2 Å². The molecule has 11 nitrogen and oxygen atoms in total. The van der Waals surface area contributed by atoms with E-state index in [1.54, 1.807) is 23.1 Å². The number of halogens is 1. The normalized spacial score (nSPS) is 11.8. The van der Waals surface area contributed by atoms with Gasteiger partial charge < -0.3 is 14.8 Å². The smallest absolute Gasteiger partial charge is 0.293 e. The van der Waals surface area contributed by atoms with E-state index in [1.165, 1.54) is 12.3 Å². The molecule has 5 heterocycles. The van der Waals surface area contributed by atoms with Crippen LogP contribution in [0.25, 0.3) is 33.7 Å². The molecular formula is C23H22FN9O2. The fourth-order valence-corrected chi connectivity index (χ4v) is 3.43. The summed E-state index contributed by atoms with van der Waals surface area (Å²) in [5.41, 5.74) is 2.84. The molecule has 5 aromatic rings. The molecule has 0 spiro atoms. The highest BCUT2D eigenvalue weighted by Crippen LogP contribution is 2.29. The second-order valence-electron chi connectivity index (χ2n) is 9.05. The van der Waals surface area contributed by atoms with Gasteiger partial charge in [-0.15, -0.1) is 0 Å². The topological polar surface area (TPSA) is 140 Å². The van der Waals surface area contributed by atoms with Crippen molar-refractivity contribution >= 4 is 17.1 Å². The molecule has 35 heavy (non-hydrogen) atoms. The van der Waals surface area contributed by atoms with Gasteiger partial charge in [0.2, 0.25) is 5.89 Å². The van der Waals surface area contributed by atoms with E-state index in [2.05, 4.69) is 40.5 Å². The largest absolute Gasteiger partial charge is 0.343 e. The van der Waals surface area contributed by atoms with Gasteiger partial charge >= 0.3 is 0 Å². The Kier molecular flexibility index (Phi) is 5.35. The van der Waals surface area contributed by atoms with Crippen LogP contribution in [0, 0.1) is 5.82 Å². The average molecular weight is 475 g/mol. The number of H-pyrrole nitrogens is 1. The number of imidazole rings is 1. The number of hydrogen-bond donors (Lipinski definition) is 2. The third-order valence-corrected chi connectivity index (χ3v) is 5.28. The lowest BCUT2D eigenvalue weighted by molar-refractivity contribution is 0.0936. The second kappa shape index (κ2) is 8.38. The summed E-state index contributed by atoms with van der Waals surface area (Å²) in [5, 5.41) is 10.4. The van der Waals surface area contributed by atoms with Crippen LogP contribution in [0.3, 0.4) is 0 Å². The highest BCUT2D eigenvalue weighted by Gasteiger charge is 2.24. The predicted octanol–water partition coefficient (Wildman–Crippen LogP) is 3.17. The van der Waals surface area contributed by atoms with Crippen LogP contribution in [0.2, 0.25) is 0 Å². The van der Waals surface area contributed by atoms with Gasteiger partial charge in [-0.3, -0.25) is 14.5 Å². The first-order chi connectivity index (χ1) is 16.7. The second-order valence-corrected chi connectivity index (χ2v) is 9.05. The molecule has 0 aliphatic heterocycles. The number of carbonyl (C=O) groups excluding carboxylic acids is 1. The highest BCUT2D eigenvalue weighted by molar-refractivity contribution is 5.91. The quantitative estimate of drug-likeness (QED) is 0.395. The Labute approximate surface area is 198 Å². The minimum atomic E-state index is -0.579. The Hall–Kier alpha value is -4.48. The number of rotatable bonds is 5. The minimum Gasteiger partial charge on any atom is -0.343 e. The van der Waals surface area contributed by atoms with Gasteiger partial charge in [0.05, 0.1) is 24.0 Å². The monoisotopic (exact) mass is 475 g/mol. The van der Waals surface area contributed by atoms with Crippen LogP contribution in [0.1, 0.15) is 43.0 Å². The molecule has 5 rings (SSSR count). The molecule has 0 saturated heterocycles. The number of nitrogens with zero attached hydrogens (tertiary/aromatic N) is 7. The Morgan fingerprint density at radius 1 is 1.20 bits per heavy atom. The predicted molar refractivity (Wildman–Crippen MR) is 123 cm³/mol. The van der Waals surface area contributed by atoms with Crippen molar-refractivity contribution in [2.24, 2.45) is 7.05 Å². The maximum Gasteiger partial charge on any atom is 0.293 e. The first kappa shape index (κ1) is 22.3. The lowest BCUT2D eigenvalue weighted by Gasteiger charge is -2.10. The van der Waals surface area contributed by atoms with Crippen LogP contribution in [0.4, 0.5) is 4.39 Å². The van der Waals surface area contributed by atoms with Crippen LogP contribution in [-0.2, 0) is 19.0 Å². The third kappa shape index (κ3) is 4.37. The number of aryl methyl sites for hydroxylation is 1. The molecule has 0 atom stereocenters. The molecule has 178 valence electrons. The van der Waals surface area contributed by atoms with E-state index in [0.29, 0.717) is 34.0 Å². The third-order valence-electron chi connectivity index (χ3n) is 5.28. The number of nitrogens with one attached hydrogen (secondary N) is 2. The van der Waals surface area contributed by atoms with Crippen molar-refractivity contribution in [3.05, 3.63) is 60.1 Å². The molecule has 1 amide bonds. The number of amides is 1. The standard InChI is InChI=1S/C23H22FN9O2/c1-23(2,3)22-31-20(32-35-22)21(34)27-10-16-15(24)7-12(8-26-16)14-5-6-25-19-17(14)29-18(30-19)13-9-28-33(4)11-13/h5-9,11H,10H2,1-4H3,(H,27,34)(H,25,29,30). The Bertz CT molecular complexity index is 1540. The molecule has 0 unspecified atom stereocenters. The fraction of sp³-hybridized carbons (Fsp3) is 0.261. The van der Waals surface area contributed by atoms with Crippen molar-refractivity contribution in [3.8, 4) is 22.5 Å². The Morgan fingerprint density at radius 2 is 2.03 bits per heavy atom. The molecule has 0 radical (unpaired) electrons. The average Bonchev–Trinajstić information content (AvgIpc) is 3.56. The van der Waals surface area contributed by atoms with Crippen LogP contribution >= 0.6 is 0 Å². The first-order valence-corrected chi connectivity index (χ1v) is 10.8. The zero-order chi connectivity index (χ0) is 24.7. The molecule has 0 aromatic carbocycles. The molecule has 5 aromatic heterocycles. The molecule has 2 N–H and O–H groups in total. The molecule has 0 fully saturated rings. The molecule has 0 saturated carbocycles. The van der Waals surface area contributed by atoms with E-state index in [4.69, 9.17) is 4.52 Å². The number of hydrogen-bond acceptors (Lipinski definition) is 8. The molecule has 12 heteroatoms. The van der Waals surface area contributed by atoms with E-state index < -0.39 is 11.7 Å². The van der Waals surface area contributed by atoms with E-state index in [0.717, 1.165) is 5.56 Å². The SMILES string of the molecule is Cn1cc(-c2nc3c(-c4cnc(CNC(=O)c5noc(C(C)(C)C)n5)c(F)c4)ccnc3[nH]2)cn1. The van der Waals surface area contributed by atoms with E-state index in [9.17, 15) is 9.18 Å². The summed E-state index contributed by atoms with van der Waals surface area (Å²) in [7, 11) is 1.82. The summed E-state index contributed by atoms with van der Waals surface area (Å²) in [5.74, 6) is -0.319. The van der Waals surface area contributed by atoms with Gasteiger partial charge in [-0.2, -0.15) is 10.1 Å². The van der Waals surface area contributed by atoms with Crippen molar-refractivity contribution in [1.29, 1.82) is 0 Å². The van der Waals surface area contributed by atoms with E-state index >= 15 is 0 Å². The van der Waals surface area contributed by atoms with Crippen molar-refractivity contribution in [3.63, 3.8) is 0 Å². The molecule has 0 aliphatic carbocycles. The summed E-state index contributed by atoms with van der Waals surface area (Å²) in [6.45, 7) is 5.54. The van der Waals surface area contributed by atoms with Crippen molar-refractivity contribution in [2.45, 2.75) is 32.7 Å². The maximum atomic E-state index is 14.9. The zero-order valence-electron chi connectivity index (χ0n) is 19.5. The van der Waals surface area contributed by atoms with Gasteiger partial charge in [0.15, 0.2) is 5.65 Å². The van der Waals surface area contributed by atoms with Gasteiger partial charge in [0, 0.05) is 42.2 Å². The van der Waals surface area contributed by atoms with Crippen LogP contribution < -0.4 is 5.32 Å². The summed E-state index contributed by atoms with van der Waals surface area (Å²) in [6, 6.07) is 3.10. The Morgan fingerprint density at radius 3 is 2.71 bits per heavy atom. The fourth-order valence-electron chi connectivity index (χ4n) is 3.43. The highest BCUT2D eigenvalue weighted by atomic mass is 19.1. The number of pyridine rings is 2. The number of aromatic amines is 1. The van der Waals surface area contributed by atoms with Gasteiger partial charge in [0.25, 0.3) is 11.7 Å². The summed E-state index contributed by atoms with van der Waals surface area (Å²) < 4.78 is 21.7. The lowest BCUT2D eigenvalue weighted by atomic mass is 9.97. The van der Waals surface area contributed by atoms with Crippen molar-refractivity contribution in [2.75, 3.05) is 0 Å². The lowest BCUT2D eigenvalue weighted by Crippen LogP contribution is -2.25. The molecular weight excluding hydrogens is 453 g/mol. The zero-order valence-corrected chi connectivity index (χ0v) is 19.5. The molecule has 0 bridgehead atoms. The summed E-state index contributed by atoms with van der Waals surface area (Å²) >= 11 is 0. The van der Waals surface area contributed by atoms with Crippen LogP contribution in [-0.4, -0.2) is 45.8 Å². The van der Waals surface area contributed by atoms with E-state index in [1.807, 2.05) is 34.0 Å². The van der Waals surface area contributed by atoms with E-state index in [-0.39, 0.29) is 23.5 Å². The Balaban J connectivity index is 1.36. The molecule has 0 aliphatic rings. The maximum absolute atomic E-state index is 14.9. The van der Waals surface area contributed by atoms with Gasteiger partial charge in [-0.25, -0.2) is 14.4 Å². The summed E-state index contributed by atoms with van der Waals surface area (Å²) in [4.78, 5) is 32.8. The van der Waals surface area contributed by atoms with Gasteiger partial charge in [-0.05, 0) is 12.1 Å². The minimum absolute atomic E-state index is 0.0741. The van der Waals surface area contributed by atoms with Crippen LogP contribution in [0.15, 0.2) is 41.4 Å². The first-order valence-electron chi connectivity index (χ1n) is 10.8. The number of aromatic nitrogens is 8. The van der Waals surface area contributed by atoms with Crippen LogP contribution in [0.5, 0.6) is 0 Å². The van der Waals surface area contributed by atoms with Crippen molar-refractivity contribution < 1.29 is 13.7 Å². The van der Waals surface area contributed by atoms with Gasteiger partial charge in [-0.1, -0.05) is 25.9 Å². The summed E-state index contributed by atoms with van der Waals surface area (Å²) in [6.07, 6.45) is 6.68. The number of fused-ring (bicyclic) bond motifs is 1. The number of carbonyl (C=O) groups is 1. The van der Waals surface area contributed by atoms with Crippen molar-refractivity contribution in [1.82, 2.24) is 45.2 Å².